The van der Waals surface area contributed by atoms with E-state index in [4.69, 9.17) is 9.15 Å². The number of likely N-dealkylation sites (N-methyl/N-ethyl adjacent to an activating group) is 2. The van der Waals surface area contributed by atoms with E-state index in [1.807, 2.05) is 25.2 Å². The number of nitrogens with one attached hydrogen (secondary N) is 1. The molecule has 1 aromatic carbocycles. The Balaban J connectivity index is 1.47. The van der Waals surface area contributed by atoms with Crippen molar-refractivity contribution in [2.75, 3.05) is 27.2 Å². The van der Waals surface area contributed by atoms with Gasteiger partial charge in [0.2, 0.25) is 0 Å². The fraction of sp³-hybridized carbons (Fsp3) is 0.360. The van der Waals surface area contributed by atoms with Crippen molar-refractivity contribution in [3.63, 3.8) is 0 Å². The number of carbonyl (C=O) groups excluding carboxylic acids is 2. The third kappa shape index (κ3) is 5.00. The van der Waals surface area contributed by atoms with Gasteiger partial charge in [-0.25, -0.2) is 0 Å². The molecule has 2 heterocycles. The molecule has 1 unspecified atom stereocenters. The number of ether oxygens (including phenoxy) is 1. The number of aliphatic hydroxyl groups excluding tert-OH is 2. The third-order valence-electron chi connectivity index (χ3n) is 5.96. The SMILES string of the molecule is CNCCOc1ccc2c(c1)CN(C(=O)C1=C(O)CC(O)C(C(=O)N(C)Cc3ccco3)=C1)C2. The van der Waals surface area contributed by atoms with Crippen LogP contribution in [-0.2, 0) is 29.2 Å². The van der Waals surface area contributed by atoms with Crippen molar-refractivity contribution in [2.45, 2.75) is 32.2 Å². The largest absolute Gasteiger partial charge is 0.511 e. The van der Waals surface area contributed by atoms with Crippen molar-refractivity contribution in [2.24, 2.45) is 0 Å². The highest BCUT2D eigenvalue weighted by Crippen LogP contribution is 2.31. The molecule has 2 amide bonds. The zero-order valence-electron chi connectivity index (χ0n) is 19.3. The van der Waals surface area contributed by atoms with Crippen LogP contribution in [0.2, 0.25) is 0 Å². The van der Waals surface area contributed by atoms with Gasteiger partial charge in [0, 0.05) is 38.7 Å². The van der Waals surface area contributed by atoms with Gasteiger partial charge in [0.15, 0.2) is 0 Å². The molecule has 2 aliphatic rings. The maximum absolute atomic E-state index is 13.3. The molecule has 3 N–H and O–H groups in total. The first-order chi connectivity index (χ1) is 16.4. The lowest BCUT2D eigenvalue weighted by Gasteiger charge is -2.26. The van der Waals surface area contributed by atoms with Crippen LogP contribution in [0.3, 0.4) is 0 Å². The number of furan rings is 1. The van der Waals surface area contributed by atoms with Gasteiger partial charge in [-0.1, -0.05) is 6.07 Å². The lowest BCUT2D eigenvalue weighted by Crippen LogP contribution is -2.35. The van der Waals surface area contributed by atoms with Crippen molar-refractivity contribution in [1.82, 2.24) is 15.1 Å². The molecule has 0 saturated heterocycles. The molecule has 1 aliphatic carbocycles. The van der Waals surface area contributed by atoms with Crippen LogP contribution in [0.15, 0.2) is 64.0 Å². The lowest BCUT2D eigenvalue weighted by molar-refractivity contribution is -0.127. The summed E-state index contributed by atoms with van der Waals surface area (Å²) in [5.74, 6) is 0.279. The smallest absolute Gasteiger partial charge is 0.257 e. The van der Waals surface area contributed by atoms with Crippen molar-refractivity contribution < 1.29 is 29.0 Å². The minimum atomic E-state index is -1.20. The van der Waals surface area contributed by atoms with Crippen LogP contribution in [0.4, 0.5) is 0 Å². The first-order valence-corrected chi connectivity index (χ1v) is 11.2. The van der Waals surface area contributed by atoms with Crippen LogP contribution < -0.4 is 10.1 Å². The standard InChI is InChI=1S/C25H29N3O6/c1-26-7-9-34-18-6-5-16-13-28(14-17(16)10-18)25(32)21-11-20(22(29)12-23(21)30)24(31)27(2)15-19-4-3-8-33-19/h3-6,8,10-11,22,26,29-30H,7,9,12-15H2,1-2H3. The summed E-state index contributed by atoms with van der Waals surface area (Å²) in [5, 5.41) is 23.9. The summed E-state index contributed by atoms with van der Waals surface area (Å²) in [4.78, 5) is 29.3. The average Bonchev–Trinajstić information content (AvgIpc) is 3.48. The van der Waals surface area contributed by atoms with Gasteiger partial charge in [-0.05, 0) is 48.5 Å². The number of hydrogen-bond acceptors (Lipinski definition) is 7. The number of nitrogens with zero attached hydrogens (tertiary/aromatic N) is 2. The molecular weight excluding hydrogens is 438 g/mol. The Kier molecular flexibility index (Phi) is 7.04. The maximum atomic E-state index is 13.3. The molecule has 0 bridgehead atoms. The predicted octanol–water partition coefficient (Wildman–Crippen LogP) is 1.88. The summed E-state index contributed by atoms with van der Waals surface area (Å²) in [7, 11) is 3.44. The molecule has 34 heavy (non-hydrogen) atoms. The molecule has 0 saturated carbocycles. The maximum Gasteiger partial charge on any atom is 0.257 e. The fourth-order valence-corrected chi connectivity index (χ4v) is 4.10. The van der Waals surface area contributed by atoms with E-state index in [1.54, 1.807) is 24.1 Å². The van der Waals surface area contributed by atoms with Crippen LogP contribution >= 0.6 is 0 Å². The van der Waals surface area contributed by atoms with Crippen LogP contribution in [0.1, 0.15) is 23.3 Å². The molecule has 4 rings (SSSR count). The van der Waals surface area contributed by atoms with Crippen LogP contribution in [-0.4, -0.2) is 65.2 Å². The van der Waals surface area contributed by atoms with Crippen LogP contribution in [0.5, 0.6) is 5.75 Å². The molecule has 180 valence electrons. The van der Waals surface area contributed by atoms with Crippen LogP contribution in [0, 0.1) is 0 Å². The van der Waals surface area contributed by atoms with E-state index in [9.17, 15) is 19.8 Å². The van der Waals surface area contributed by atoms with E-state index in [1.165, 1.54) is 17.2 Å². The minimum Gasteiger partial charge on any atom is -0.511 e. The number of aliphatic hydroxyl groups is 2. The zero-order chi connectivity index (χ0) is 24.2. The Morgan fingerprint density at radius 1 is 1.26 bits per heavy atom. The molecule has 9 heteroatoms. The van der Waals surface area contributed by atoms with E-state index in [0.717, 1.165) is 23.4 Å². The number of fused-ring (bicyclic) bond motifs is 1. The highest BCUT2D eigenvalue weighted by atomic mass is 16.5. The molecule has 1 atom stereocenters. The molecule has 0 radical (unpaired) electrons. The zero-order valence-corrected chi connectivity index (χ0v) is 19.3. The second-order valence-electron chi connectivity index (χ2n) is 8.46. The van der Waals surface area contributed by atoms with E-state index in [0.29, 0.717) is 25.5 Å². The average molecular weight is 468 g/mol. The predicted molar refractivity (Wildman–Crippen MR) is 124 cm³/mol. The van der Waals surface area contributed by atoms with E-state index in [-0.39, 0.29) is 29.9 Å². The number of carbonyl (C=O) groups is 2. The normalized spacial score (nSPS) is 17.4. The van der Waals surface area contributed by atoms with Crippen molar-refractivity contribution in [1.29, 1.82) is 0 Å². The molecule has 0 fully saturated rings. The van der Waals surface area contributed by atoms with Gasteiger partial charge in [-0.2, -0.15) is 0 Å². The summed E-state index contributed by atoms with van der Waals surface area (Å²) < 4.78 is 11.0. The first-order valence-electron chi connectivity index (χ1n) is 11.2. The van der Waals surface area contributed by atoms with Gasteiger partial charge in [0.25, 0.3) is 11.8 Å². The summed E-state index contributed by atoms with van der Waals surface area (Å²) in [6, 6.07) is 9.21. The van der Waals surface area contributed by atoms with E-state index < -0.39 is 17.9 Å². The fourth-order valence-electron chi connectivity index (χ4n) is 4.10. The molecule has 2 aromatic rings. The first kappa shape index (κ1) is 23.6. The van der Waals surface area contributed by atoms with E-state index in [2.05, 4.69) is 5.32 Å². The summed E-state index contributed by atoms with van der Waals surface area (Å²) >= 11 is 0. The molecule has 9 nitrogen and oxygen atoms in total. The quantitative estimate of drug-likeness (QED) is 0.508. The molecule has 1 aromatic heterocycles. The molecule has 0 spiro atoms. The highest BCUT2D eigenvalue weighted by Gasteiger charge is 2.33. The van der Waals surface area contributed by atoms with Crippen molar-refractivity contribution in [3.8, 4) is 5.75 Å². The third-order valence-corrected chi connectivity index (χ3v) is 5.96. The van der Waals surface area contributed by atoms with Gasteiger partial charge in [0.05, 0.1) is 24.5 Å². The Morgan fingerprint density at radius 2 is 2.06 bits per heavy atom. The number of hydrogen-bond donors (Lipinski definition) is 3. The van der Waals surface area contributed by atoms with Crippen molar-refractivity contribution >= 4 is 11.8 Å². The van der Waals surface area contributed by atoms with Gasteiger partial charge in [-0.15, -0.1) is 0 Å². The van der Waals surface area contributed by atoms with E-state index >= 15 is 0 Å². The summed E-state index contributed by atoms with van der Waals surface area (Å²) in [6.07, 6.45) is 1.43. The van der Waals surface area contributed by atoms with Gasteiger partial charge in [0.1, 0.15) is 23.9 Å². The number of amides is 2. The minimum absolute atomic E-state index is 0.0262. The topological polar surface area (TPSA) is 115 Å². The van der Waals surface area contributed by atoms with Gasteiger partial charge in [-0.3, -0.25) is 9.59 Å². The monoisotopic (exact) mass is 467 g/mol. The second-order valence-corrected chi connectivity index (χ2v) is 8.46. The van der Waals surface area contributed by atoms with Crippen molar-refractivity contribution in [3.05, 3.63) is 76.5 Å². The number of benzene rings is 1. The van der Waals surface area contributed by atoms with Crippen LogP contribution in [0.25, 0.3) is 0 Å². The summed E-state index contributed by atoms with van der Waals surface area (Å²) in [6.45, 7) is 2.24. The molecular formula is C25H29N3O6. The highest BCUT2D eigenvalue weighted by molar-refractivity contribution is 6.02. The Morgan fingerprint density at radius 3 is 2.79 bits per heavy atom. The van der Waals surface area contributed by atoms with Gasteiger partial charge < -0.3 is 34.5 Å². The number of rotatable bonds is 8. The Labute approximate surface area is 197 Å². The Bertz CT molecular complexity index is 1120. The Hall–Kier alpha value is -3.56. The summed E-state index contributed by atoms with van der Waals surface area (Å²) in [5.41, 5.74) is 2.07. The second kappa shape index (κ2) is 10.1. The lowest BCUT2D eigenvalue weighted by atomic mass is 9.93. The molecule has 1 aliphatic heterocycles. The van der Waals surface area contributed by atoms with Gasteiger partial charge >= 0.3 is 0 Å².